The van der Waals surface area contributed by atoms with Crippen LogP contribution in [0.1, 0.15) is 77.6 Å². The van der Waals surface area contributed by atoms with Gasteiger partial charge in [-0.3, -0.25) is 0 Å². The highest BCUT2D eigenvalue weighted by Crippen LogP contribution is 2.63. The molecule has 0 amide bonds. The summed E-state index contributed by atoms with van der Waals surface area (Å²) in [5.74, 6) is 4.21. The van der Waals surface area contributed by atoms with Gasteiger partial charge in [-0.25, -0.2) is 0 Å². The van der Waals surface area contributed by atoms with Crippen molar-refractivity contribution in [3.8, 4) is 0 Å². The molecular formula is C19H31B. The molecule has 3 atom stereocenters. The summed E-state index contributed by atoms with van der Waals surface area (Å²) in [6, 6.07) is 0. The summed E-state index contributed by atoms with van der Waals surface area (Å²) in [5.41, 5.74) is 0.649. The Labute approximate surface area is 125 Å². The number of hydrogen-bond acceptors (Lipinski definition) is 0. The monoisotopic (exact) mass is 270 g/mol. The highest BCUT2D eigenvalue weighted by atomic mass is 14.5. The minimum atomic E-state index is 0.649. The van der Waals surface area contributed by atoms with Crippen LogP contribution in [0, 0.1) is 11.3 Å². The summed E-state index contributed by atoms with van der Waals surface area (Å²) in [5, 5.41) is 0. The van der Waals surface area contributed by atoms with E-state index in [0.29, 0.717) is 5.41 Å². The van der Waals surface area contributed by atoms with E-state index >= 15 is 0 Å². The van der Waals surface area contributed by atoms with E-state index in [4.69, 9.17) is 0 Å². The van der Waals surface area contributed by atoms with Crippen LogP contribution < -0.4 is 0 Å². The average Bonchev–Trinajstić information content (AvgIpc) is 2.92. The van der Waals surface area contributed by atoms with Crippen LogP contribution in [0.15, 0.2) is 12.2 Å². The van der Waals surface area contributed by atoms with Crippen LogP contribution >= 0.6 is 0 Å². The number of fused-ring (bicyclic) bond motifs is 2. The number of allylic oxidation sites excluding steroid dienone is 2. The summed E-state index contributed by atoms with van der Waals surface area (Å²) in [6.45, 7) is 3.52. The SMILES string of the molecule is CCCC(B(C1CCC1)C1CCC1)C12C=CC(CC1)C2. The highest BCUT2D eigenvalue weighted by Gasteiger charge is 2.53. The molecule has 4 aliphatic carbocycles. The number of hydrogen-bond donors (Lipinski definition) is 0. The Kier molecular flexibility index (Phi) is 3.51. The van der Waals surface area contributed by atoms with Gasteiger partial charge in [-0.1, -0.05) is 87.9 Å². The maximum Gasteiger partial charge on any atom is 0.150 e. The molecule has 3 saturated carbocycles. The van der Waals surface area contributed by atoms with Crippen molar-refractivity contribution in [3.05, 3.63) is 12.2 Å². The molecule has 4 rings (SSSR count). The van der Waals surface area contributed by atoms with Crippen molar-refractivity contribution in [2.24, 2.45) is 11.3 Å². The molecule has 0 radical (unpaired) electrons. The third kappa shape index (κ3) is 2.03. The van der Waals surface area contributed by atoms with E-state index in [2.05, 4.69) is 19.1 Å². The first-order valence-corrected chi connectivity index (χ1v) is 9.52. The van der Waals surface area contributed by atoms with E-state index in [0.717, 1.165) is 30.1 Å². The molecule has 0 N–H and O–H groups in total. The smallest absolute Gasteiger partial charge is 0.0848 e. The van der Waals surface area contributed by atoms with E-state index in [9.17, 15) is 0 Å². The molecular weight excluding hydrogens is 239 g/mol. The van der Waals surface area contributed by atoms with Gasteiger partial charge in [0.15, 0.2) is 6.71 Å². The van der Waals surface area contributed by atoms with E-state index in [1.807, 2.05) is 0 Å². The summed E-state index contributed by atoms with van der Waals surface area (Å²) >= 11 is 0. The van der Waals surface area contributed by atoms with Crippen molar-refractivity contribution < 1.29 is 0 Å². The summed E-state index contributed by atoms with van der Waals surface area (Å²) < 4.78 is 0. The first-order chi connectivity index (χ1) is 9.82. The fourth-order valence-electron chi connectivity index (χ4n) is 6.12. The van der Waals surface area contributed by atoms with Crippen molar-refractivity contribution in [2.45, 2.75) is 95.0 Å². The fourth-order valence-corrected chi connectivity index (χ4v) is 6.12. The van der Waals surface area contributed by atoms with Gasteiger partial charge in [-0.05, 0) is 30.6 Å². The second-order valence-corrected chi connectivity index (χ2v) is 8.45. The second-order valence-electron chi connectivity index (χ2n) is 8.45. The minimum Gasteiger partial charge on any atom is -0.0848 e. The van der Waals surface area contributed by atoms with Crippen molar-refractivity contribution in [3.63, 3.8) is 0 Å². The molecule has 0 nitrogen and oxygen atoms in total. The van der Waals surface area contributed by atoms with Gasteiger partial charge in [0.05, 0.1) is 0 Å². The van der Waals surface area contributed by atoms with E-state index in [-0.39, 0.29) is 0 Å². The van der Waals surface area contributed by atoms with Crippen LogP contribution in [-0.2, 0) is 0 Å². The summed E-state index contributed by atoms with van der Waals surface area (Å²) in [7, 11) is 0. The quantitative estimate of drug-likeness (QED) is 0.403. The zero-order chi connectivity index (χ0) is 13.6. The van der Waals surface area contributed by atoms with E-state index in [1.54, 1.807) is 25.7 Å². The summed E-state index contributed by atoms with van der Waals surface area (Å²) in [6.07, 6.45) is 22.0. The molecule has 20 heavy (non-hydrogen) atoms. The Bertz CT molecular complexity index is 365. The Morgan fingerprint density at radius 2 is 1.80 bits per heavy atom. The topological polar surface area (TPSA) is 0 Å². The molecule has 0 aromatic heterocycles. The molecule has 0 saturated heterocycles. The standard InChI is InChI=1S/C19H31B/c1-2-5-18(19-12-10-15(14-19)11-13-19)20(16-6-3-7-16)17-8-4-9-17/h10,12,15-18H,2-9,11,13-14H2,1H3. The van der Waals surface area contributed by atoms with Crippen LogP contribution in [0.5, 0.6) is 0 Å². The lowest BCUT2D eigenvalue weighted by atomic mass is 9.19. The maximum atomic E-state index is 2.70. The molecule has 0 aromatic rings. The Balaban J connectivity index is 1.60. The van der Waals surface area contributed by atoms with Gasteiger partial charge in [0, 0.05) is 0 Å². The largest absolute Gasteiger partial charge is 0.150 e. The zero-order valence-corrected chi connectivity index (χ0v) is 13.3. The molecule has 110 valence electrons. The van der Waals surface area contributed by atoms with E-state index < -0.39 is 0 Å². The molecule has 2 bridgehead atoms. The van der Waals surface area contributed by atoms with Crippen LogP contribution in [0.2, 0.25) is 17.5 Å². The van der Waals surface area contributed by atoms with Crippen molar-refractivity contribution in [1.29, 1.82) is 0 Å². The first kappa shape index (κ1) is 13.5. The Morgan fingerprint density at radius 1 is 1.10 bits per heavy atom. The molecule has 0 aliphatic heterocycles. The molecule has 4 aliphatic rings. The average molecular weight is 270 g/mol. The Morgan fingerprint density at radius 3 is 2.15 bits per heavy atom. The predicted molar refractivity (Wildman–Crippen MR) is 88.5 cm³/mol. The van der Waals surface area contributed by atoms with E-state index in [1.165, 1.54) is 44.9 Å². The van der Waals surface area contributed by atoms with Gasteiger partial charge in [-0.2, -0.15) is 0 Å². The molecule has 3 fully saturated rings. The van der Waals surface area contributed by atoms with Gasteiger partial charge in [0.25, 0.3) is 0 Å². The van der Waals surface area contributed by atoms with Gasteiger partial charge >= 0.3 is 0 Å². The molecule has 1 heteroatoms. The van der Waals surface area contributed by atoms with Crippen molar-refractivity contribution in [1.82, 2.24) is 0 Å². The van der Waals surface area contributed by atoms with Crippen LogP contribution in [0.4, 0.5) is 0 Å². The normalized spacial score (nSPS) is 37.8. The molecule has 0 aromatic carbocycles. The predicted octanol–water partition coefficient (Wildman–Crippen LogP) is 6.12. The lowest BCUT2D eigenvalue weighted by Crippen LogP contribution is -2.43. The van der Waals surface area contributed by atoms with Crippen molar-refractivity contribution >= 4 is 6.71 Å². The maximum absolute atomic E-state index is 2.70. The lowest BCUT2D eigenvalue weighted by molar-refractivity contribution is 0.326. The van der Waals surface area contributed by atoms with Crippen LogP contribution in [-0.4, -0.2) is 6.71 Å². The molecule has 3 unspecified atom stereocenters. The van der Waals surface area contributed by atoms with Crippen LogP contribution in [0.25, 0.3) is 0 Å². The van der Waals surface area contributed by atoms with Gasteiger partial charge in [0.1, 0.15) is 0 Å². The summed E-state index contributed by atoms with van der Waals surface area (Å²) in [4.78, 5) is 0. The minimum absolute atomic E-state index is 0.649. The van der Waals surface area contributed by atoms with Crippen molar-refractivity contribution in [2.75, 3.05) is 0 Å². The fraction of sp³-hybridized carbons (Fsp3) is 0.895. The first-order valence-electron chi connectivity index (χ1n) is 9.52. The molecule has 0 spiro atoms. The second kappa shape index (κ2) is 5.22. The Hall–Kier alpha value is -0.195. The van der Waals surface area contributed by atoms with Gasteiger partial charge in [0.2, 0.25) is 0 Å². The molecule has 0 heterocycles. The zero-order valence-electron chi connectivity index (χ0n) is 13.3. The third-order valence-electron chi connectivity index (χ3n) is 7.51. The van der Waals surface area contributed by atoms with Crippen LogP contribution in [0.3, 0.4) is 0 Å². The highest BCUT2D eigenvalue weighted by molar-refractivity contribution is 6.64. The van der Waals surface area contributed by atoms with Gasteiger partial charge < -0.3 is 0 Å². The third-order valence-corrected chi connectivity index (χ3v) is 7.51. The lowest BCUT2D eigenvalue weighted by Gasteiger charge is -2.49. The van der Waals surface area contributed by atoms with Gasteiger partial charge in [-0.15, -0.1) is 0 Å². The number of rotatable bonds is 6.